The number of carboxylic acids is 1. The smallest absolute Gasteiger partial charge is 0.335 e. The number of aromatic carboxylic acids is 1. The lowest BCUT2D eigenvalue weighted by atomic mass is 10.1. The Balaban J connectivity index is 2.21. The lowest BCUT2D eigenvalue weighted by molar-refractivity contribution is -0.120. The lowest BCUT2D eigenvalue weighted by Gasteiger charge is -2.08. The summed E-state index contributed by atoms with van der Waals surface area (Å²) in [6.07, 6.45) is 1.69. The second-order valence-electron chi connectivity index (χ2n) is 4.11. The Labute approximate surface area is 115 Å². The van der Waals surface area contributed by atoms with Crippen molar-refractivity contribution in [3.63, 3.8) is 0 Å². The van der Waals surface area contributed by atoms with Gasteiger partial charge in [0, 0.05) is 25.4 Å². The molecule has 0 spiro atoms. The van der Waals surface area contributed by atoms with E-state index in [0.717, 1.165) is 5.39 Å². The van der Waals surface area contributed by atoms with Gasteiger partial charge < -0.3 is 15.7 Å². The molecule has 0 saturated carbocycles. The van der Waals surface area contributed by atoms with E-state index in [0.29, 0.717) is 24.3 Å². The molecule has 7 nitrogen and oxygen atoms in total. The normalized spacial score (nSPS) is 10.2. The Hall–Kier alpha value is -2.70. The number of nitrogens with zero attached hydrogens (tertiary/aromatic N) is 2. The number of rotatable bonds is 5. The summed E-state index contributed by atoms with van der Waals surface area (Å²) in [5, 5.41) is 15.2. The Morgan fingerprint density at radius 2 is 2.10 bits per heavy atom. The van der Waals surface area contributed by atoms with Gasteiger partial charge in [0.05, 0.1) is 11.1 Å². The maximum absolute atomic E-state index is 11.1. The van der Waals surface area contributed by atoms with Crippen molar-refractivity contribution in [1.82, 2.24) is 15.3 Å². The van der Waals surface area contributed by atoms with Gasteiger partial charge in [0.1, 0.15) is 12.1 Å². The summed E-state index contributed by atoms with van der Waals surface area (Å²) in [6, 6.07) is 4.64. The molecule has 20 heavy (non-hydrogen) atoms. The molecule has 1 heterocycles. The molecule has 3 N–H and O–H groups in total. The molecule has 1 aromatic heterocycles. The number of carbonyl (C=O) groups excluding carboxylic acids is 1. The molecule has 1 amide bonds. The van der Waals surface area contributed by atoms with Crippen LogP contribution in [0.3, 0.4) is 0 Å². The summed E-state index contributed by atoms with van der Waals surface area (Å²) in [4.78, 5) is 30.2. The zero-order valence-corrected chi connectivity index (χ0v) is 10.9. The largest absolute Gasteiger partial charge is 0.478 e. The minimum absolute atomic E-state index is 0.0657. The third-order valence-corrected chi connectivity index (χ3v) is 2.81. The minimum Gasteiger partial charge on any atom is -0.478 e. The molecule has 0 bridgehead atoms. The first-order chi connectivity index (χ1) is 9.61. The molecule has 0 aliphatic heterocycles. The van der Waals surface area contributed by atoms with Gasteiger partial charge in [0.25, 0.3) is 0 Å². The fourth-order valence-electron chi connectivity index (χ4n) is 1.75. The number of aromatic nitrogens is 2. The number of hydrogen-bond acceptors (Lipinski definition) is 5. The highest BCUT2D eigenvalue weighted by Crippen LogP contribution is 2.20. The molecule has 0 aliphatic rings. The van der Waals surface area contributed by atoms with E-state index in [9.17, 15) is 9.59 Å². The van der Waals surface area contributed by atoms with Crippen molar-refractivity contribution < 1.29 is 14.7 Å². The van der Waals surface area contributed by atoms with Crippen molar-refractivity contribution >= 4 is 28.6 Å². The summed E-state index contributed by atoms with van der Waals surface area (Å²) in [5.41, 5.74) is 0.717. The molecule has 0 fully saturated rings. The highest BCUT2D eigenvalue weighted by Gasteiger charge is 2.08. The summed E-state index contributed by atoms with van der Waals surface area (Å²) in [5.74, 6) is -0.487. The van der Waals surface area contributed by atoms with Crippen molar-refractivity contribution in [2.75, 3.05) is 18.9 Å². The van der Waals surface area contributed by atoms with Gasteiger partial charge in [-0.05, 0) is 18.2 Å². The Kier molecular flexibility index (Phi) is 4.09. The first-order valence-electron chi connectivity index (χ1n) is 6.04. The zero-order chi connectivity index (χ0) is 14.5. The first-order valence-corrected chi connectivity index (χ1v) is 6.04. The van der Waals surface area contributed by atoms with E-state index in [1.54, 1.807) is 13.1 Å². The van der Waals surface area contributed by atoms with Crippen LogP contribution in [0, 0.1) is 0 Å². The quantitative estimate of drug-likeness (QED) is 0.747. The van der Waals surface area contributed by atoms with Gasteiger partial charge in [-0.3, -0.25) is 4.79 Å². The number of hydrogen-bond donors (Lipinski definition) is 3. The summed E-state index contributed by atoms with van der Waals surface area (Å²) < 4.78 is 0. The van der Waals surface area contributed by atoms with Gasteiger partial charge in [-0.1, -0.05) is 0 Å². The van der Waals surface area contributed by atoms with Crippen LogP contribution < -0.4 is 10.6 Å². The maximum atomic E-state index is 11.1. The number of carboxylic acid groups (broad SMARTS) is 1. The average Bonchev–Trinajstić information content (AvgIpc) is 2.46. The Bertz CT molecular complexity index is 657. The highest BCUT2D eigenvalue weighted by atomic mass is 16.4. The number of anilines is 1. The predicted molar refractivity (Wildman–Crippen MR) is 73.7 cm³/mol. The first kappa shape index (κ1) is 13.7. The molecule has 7 heteroatoms. The molecular weight excluding hydrogens is 260 g/mol. The second-order valence-corrected chi connectivity index (χ2v) is 4.11. The number of benzene rings is 1. The van der Waals surface area contributed by atoms with Crippen molar-refractivity contribution in [2.45, 2.75) is 6.42 Å². The second kappa shape index (κ2) is 5.96. The van der Waals surface area contributed by atoms with Gasteiger partial charge in [-0.15, -0.1) is 0 Å². The fourth-order valence-corrected chi connectivity index (χ4v) is 1.75. The number of amides is 1. The molecule has 0 atom stereocenters. The van der Waals surface area contributed by atoms with Crippen LogP contribution in [0.15, 0.2) is 24.5 Å². The van der Waals surface area contributed by atoms with Crippen LogP contribution in [0.25, 0.3) is 10.9 Å². The van der Waals surface area contributed by atoms with E-state index in [2.05, 4.69) is 20.6 Å². The van der Waals surface area contributed by atoms with E-state index >= 15 is 0 Å². The fraction of sp³-hybridized carbons (Fsp3) is 0.231. The van der Waals surface area contributed by atoms with Gasteiger partial charge in [-0.2, -0.15) is 0 Å². The van der Waals surface area contributed by atoms with Gasteiger partial charge in [-0.25, -0.2) is 14.8 Å². The minimum atomic E-state index is -1.00. The van der Waals surface area contributed by atoms with Crippen molar-refractivity contribution in [2.24, 2.45) is 0 Å². The third-order valence-electron chi connectivity index (χ3n) is 2.81. The number of fused-ring (bicyclic) bond motifs is 1. The lowest BCUT2D eigenvalue weighted by Crippen LogP contribution is -2.21. The molecule has 0 saturated heterocycles. The van der Waals surface area contributed by atoms with Crippen molar-refractivity contribution in [1.29, 1.82) is 0 Å². The van der Waals surface area contributed by atoms with Crippen LogP contribution in [-0.2, 0) is 4.79 Å². The van der Waals surface area contributed by atoms with Gasteiger partial charge in [0.15, 0.2) is 0 Å². The number of carbonyl (C=O) groups is 2. The summed E-state index contributed by atoms with van der Waals surface area (Å²) in [6.45, 7) is 0.437. The third kappa shape index (κ3) is 3.00. The van der Waals surface area contributed by atoms with Crippen LogP contribution in [0.1, 0.15) is 16.8 Å². The van der Waals surface area contributed by atoms with E-state index in [1.165, 1.54) is 18.5 Å². The molecule has 0 aliphatic carbocycles. The topological polar surface area (TPSA) is 104 Å². The molecule has 2 rings (SSSR count). The Morgan fingerprint density at radius 1 is 1.30 bits per heavy atom. The monoisotopic (exact) mass is 274 g/mol. The van der Waals surface area contributed by atoms with E-state index < -0.39 is 5.97 Å². The molecule has 0 unspecified atom stereocenters. The van der Waals surface area contributed by atoms with Gasteiger partial charge in [0.2, 0.25) is 5.91 Å². The van der Waals surface area contributed by atoms with Crippen LogP contribution in [0.4, 0.5) is 5.82 Å². The molecule has 1 aromatic carbocycles. The zero-order valence-electron chi connectivity index (χ0n) is 10.9. The van der Waals surface area contributed by atoms with Crippen LogP contribution in [0.2, 0.25) is 0 Å². The summed E-state index contributed by atoms with van der Waals surface area (Å²) >= 11 is 0. The van der Waals surface area contributed by atoms with Crippen LogP contribution >= 0.6 is 0 Å². The summed E-state index contributed by atoms with van der Waals surface area (Å²) in [7, 11) is 1.58. The molecular formula is C13H14N4O3. The van der Waals surface area contributed by atoms with Crippen LogP contribution in [0.5, 0.6) is 0 Å². The molecule has 0 radical (unpaired) electrons. The Morgan fingerprint density at radius 3 is 2.80 bits per heavy atom. The standard InChI is InChI=1S/C13H14N4O3/c1-14-11(18)4-5-15-12-9-3-2-8(13(19)20)6-10(9)16-7-17-12/h2-3,6-7H,4-5H2,1H3,(H,14,18)(H,19,20)(H,15,16,17). The van der Waals surface area contributed by atoms with E-state index in [1.807, 2.05) is 0 Å². The van der Waals surface area contributed by atoms with Crippen LogP contribution in [-0.4, -0.2) is 40.5 Å². The van der Waals surface area contributed by atoms with E-state index in [-0.39, 0.29) is 11.5 Å². The predicted octanol–water partition coefficient (Wildman–Crippen LogP) is 0.876. The molecule has 2 aromatic rings. The molecule has 104 valence electrons. The SMILES string of the molecule is CNC(=O)CCNc1ncnc2cc(C(=O)O)ccc12. The average molecular weight is 274 g/mol. The maximum Gasteiger partial charge on any atom is 0.335 e. The van der Waals surface area contributed by atoms with E-state index in [4.69, 9.17) is 5.11 Å². The highest BCUT2D eigenvalue weighted by molar-refractivity contribution is 5.96. The van der Waals surface area contributed by atoms with Crippen molar-refractivity contribution in [3.05, 3.63) is 30.1 Å². The van der Waals surface area contributed by atoms with Gasteiger partial charge >= 0.3 is 5.97 Å². The van der Waals surface area contributed by atoms with Crippen molar-refractivity contribution in [3.8, 4) is 0 Å². The number of nitrogens with one attached hydrogen (secondary N) is 2.